The number of aromatic nitrogens is 5. The highest BCUT2D eigenvalue weighted by atomic mass is 32.2. The molecule has 8 heteroatoms. The second kappa shape index (κ2) is 4.65. The summed E-state index contributed by atoms with van der Waals surface area (Å²) in [6.07, 6.45) is 4.52. The predicted molar refractivity (Wildman–Crippen MR) is 66.1 cm³/mol. The Kier molecular flexibility index (Phi) is 2.84. The number of hydrogen-bond acceptors (Lipinski definition) is 6. The largest absolute Gasteiger partial charge is 0.476 e. The minimum Gasteiger partial charge on any atom is -0.476 e. The lowest BCUT2D eigenvalue weighted by atomic mass is 10.5. The summed E-state index contributed by atoms with van der Waals surface area (Å²) < 4.78 is 1.79. The Bertz CT molecular complexity index is 757. The van der Waals surface area contributed by atoms with E-state index >= 15 is 0 Å². The van der Waals surface area contributed by atoms with Crippen molar-refractivity contribution in [3.05, 3.63) is 42.5 Å². The van der Waals surface area contributed by atoms with Gasteiger partial charge in [-0.3, -0.25) is 9.38 Å². The summed E-state index contributed by atoms with van der Waals surface area (Å²) >= 11 is 1.21. The molecule has 0 saturated carbocycles. The summed E-state index contributed by atoms with van der Waals surface area (Å²) in [5.74, 6) is -1.11. The standard InChI is InChI=1S/C11H7N5O2S/c17-10(18)7-5-12-6-9(13-7)19-11-15-14-8-3-1-2-4-16(8)11/h1-6H,(H,17,18). The number of hydrogen-bond donors (Lipinski definition) is 1. The molecule has 94 valence electrons. The van der Waals surface area contributed by atoms with Crippen LogP contribution in [0.25, 0.3) is 5.65 Å². The van der Waals surface area contributed by atoms with Gasteiger partial charge in [0.1, 0.15) is 5.03 Å². The number of nitrogens with zero attached hydrogens (tertiary/aromatic N) is 5. The molecule has 0 aromatic carbocycles. The van der Waals surface area contributed by atoms with E-state index in [0.717, 1.165) is 0 Å². The van der Waals surface area contributed by atoms with Crippen molar-refractivity contribution in [2.75, 3.05) is 0 Å². The van der Waals surface area contributed by atoms with Crippen LogP contribution < -0.4 is 0 Å². The third-order valence-electron chi connectivity index (χ3n) is 2.31. The van der Waals surface area contributed by atoms with E-state index in [1.807, 2.05) is 24.4 Å². The second-order valence-electron chi connectivity index (χ2n) is 3.56. The molecule has 0 aliphatic heterocycles. The highest BCUT2D eigenvalue weighted by Gasteiger charge is 2.10. The number of pyridine rings is 1. The van der Waals surface area contributed by atoms with Gasteiger partial charge in [-0.25, -0.2) is 9.78 Å². The van der Waals surface area contributed by atoms with Gasteiger partial charge in [0, 0.05) is 6.20 Å². The van der Waals surface area contributed by atoms with Gasteiger partial charge >= 0.3 is 5.97 Å². The molecule has 19 heavy (non-hydrogen) atoms. The van der Waals surface area contributed by atoms with Crippen LogP contribution in [-0.2, 0) is 0 Å². The number of fused-ring (bicyclic) bond motifs is 1. The summed E-state index contributed by atoms with van der Waals surface area (Å²) in [5.41, 5.74) is 0.617. The molecule has 3 aromatic heterocycles. The smallest absolute Gasteiger partial charge is 0.356 e. The van der Waals surface area contributed by atoms with E-state index in [1.54, 1.807) is 4.40 Å². The first-order chi connectivity index (χ1) is 9.24. The maximum atomic E-state index is 10.8. The zero-order valence-electron chi connectivity index (χ0n) is 9.46. The molecular formula is C11H7N5O2S. The fraction of sp³-hybridized carbons (Fsp3) is 0. The van der Waals surface area contributed by atoms with Crippen molar-refractivity contribution < 1.29 is 9.90 Å². The Morgan fingerprint density at radius 2 is 2.16 bits per heavy atom. The van der Waals surface area contributed by atoms with Crippen LogP contribution in [-0.4, -0.2) is 35.6 Å². The van der Waals surface area contributed by atoms with Gasteiger partial charge < -0.3 is 5.11 Å². The van der Waals surface area contributed by atoms with Crippen LogP contribution >= 0.6 is 11.8 Å². The van der Waals surface area contributed by atoms with E-state index in [4.69, 9.17) is 5.11 Å². The van der Waals surface area contributed by atoms with Gasteiger partial charge in [-0.15, -0.1) is 10.2 Å². The molecule has 7 nitrogen and oxygen atoms in total. The Labute approximate surface area is 111 Å². The third-order valence-corrected chi connectivity index (χ3v) is 3.18. The highest BCUT2D eigenvalue weighted by molar-refractivity contribution is 7.99. The van der Waals surface area contributed by atoms with Gasteiger partial charge in [0.2, 0.25) is 5.16 Å². The molecule has 0 unspecified atom stereocenters. The van der Waals surface area contributed by atoms with Gasteiger partial charge in [0.25, 0.3) is 0 Å². The fourth-order valence-corrected chi connectivity index (χ4v) is 2.26. The van der Waals surface area contributed by atoms with Gasteiger partial charge in [-0.2, -0.15) is 0 Å². The molecule has 0 bridgehead atoms. The lowest BCUT2D eigenvalue weighted by Crippen LogP contribution is -2.01. The first-order valence-corrected chi connectivity index (χ1v) is 6.08. The lowest BCUT2D eigenvalue weighted by molar-refractivity contribution is 0.0689. The van der Waals surface area contributed by atoms with Crippen molar-refractivity contribution >= 4 is 23.4 Å². The highest BCUT2D eigenvalue weighted by Crippen LogP contribution is 2.24. The number of carboxylic acids is 1. The SMILES string of the molecule is O=C(O)c1cncc(Sc2nnc3ccccn23)n1. The van der Waals surface area contributed by atoms with Crippen LogP contribution in [0.5, 0.6) is 0 Å². The molecule has 0 radical (unpaired) electrons. The summed E-state index contributed by atoms with van der Waals surface area (Å²) in [7, 11) is 0. The van der Waals surface area contributed by atoms with Crippen molar-refractivity contribution in [2.24, 2.45) is 0 Å². The van der Waals surface area contributed by atoms with E-state index in [2.05, 4.69) is 20.2 Å². The fourth-order valence-electron chi connectivity index (χ4n) is 1.48. The predicted octanol–water partition coefficient (Wildman–Crippen LogP) is 1.37. The summed E-state index contributed by atoms with van der Waals surface area (Å²) in [5, 5.41) is 17.9. The Morgan fingerprint density at radius 3 is 3.00 bits per heavy atom. The van der Waals surface area contributed by atoms with Crippen LogP contribution in [0.2, 0.25) is 0 Å². The average molecular weight is 273 g/mol. The van der Waals surface area contributed by atoms with Crippen LogP contribution in [0, 0.1) is 0 Å². The summed E-state index contributed by atoms with van der Waals surface area (Å²) in [4.78, 5) is 18.6. The molecule has 0 aliphatic rings. The molecule has 3 rings (SSSR count). The number of carbonyl (C=O) groups is 1. The van der Waals surface area contributed by atoms with Crippen molar-refractivity contribution in [1.29, 1.82) is 0 Å². The molecule has 0 amide bonds. The molecule has 0 aliphatic carbocycles. The number of rotatable bonds is 3. The molecule has 3 heterocycles. The molecular weight excluding hydrogens is 266 g/mol. The van der Waals surface area contributed by atoms with Crippen molar-refractivity contribution in [1.82, 2.24) is 24.6 Å². The second-order valence-corrected chi connectivity index (χ2v) is 4.55. The van der Waals surface area contributed by atoms with E-state index in [1.165, 1.54) is 24.2 Å². The van der Waals surface area contributed by atoms with E-state index in [0.29, 0.717) is 15.8 Å². The average Bonchev–Trinajstić information content (AvgIpc) is 2.83. The maximum absolute atomic E-state index is 10.8. The van der Waals surface area contributed by atoms with Crippen LogP contribution in [0.1, 0.15) is 10.5 Å². The third kappa shape index (κ3) is 2.25. The molecule has 0 saturated heterocycles. The topological polar surface area (TPSA) is 93.3 Å². The van der Waals surface area contributed by atoms with Gasteiger partial charge in [0.15, 0.2) is 11.3 Å². The van der Waals surface area contributed by atoms with E-state index in [-0.39, 0.29) is 5.69 Å². The lowest BCUT2D eigenvalue weighted by Gasteiger charge is -1.99. The number of carboxylic acid groups (broad SMARTS) is 1. The summed E-state index contributed by atoms with van der Waals surface area (Å²) in [6.45, 7) is 0. The maximum Gasteiger partial charge on any atom is 0.356 e. The summed E-state index contributed by atoms with van der Waals surface area (Å²) in [6, 6.07) is 5.56. The van der Waals surface area contributed by atoms with Crippen LogP contribution in [0.3, 0.4) is 0 Å². The zero-order valence-corrected chi connectivity index (χ0v) is 10.3. The minimum absolute atomic E-state index is 0.0983. The Balaban J connectivity index is 1.97. The van der Waals surface area contributed by atoms with Crippen molar-refractivity contribution in [3.63, 3.8) is 0 Å². The Hall–Kier alpha value is -2.48. The van der Waals surface area contributed by atoms with E-state index < -0.39 is 5.97 Å². The zero-order chi connectivity index (χ0) is 13.2. The first-order valence-electron chi connectivity index (χ1n) is 5.27. The van der Waals surface area contributed by atoms with Gasteiger partial charge in [-0.1, -0.05) is 6.07 Å². The Morgan fingerprint density at radius 1 is 1.26 bits per heavy atom. The van der Waals surface area contributed by atoms with Gasteiger partial charge in [0.05, 0.1) is 12.4 Å². The molecule has 0 atom stereocenters. The molecule has 1 N–H and O–H groups in total. The normalized spacial score (nSPS) is 10.7. The minimum atomic E-state index is -1.11. The molecule has 0 fully saturated rings. The quantitative estimate of drug-likeness (QED) is 0.770. The van der Waals surface area contributed by atoms with Crippen LogP contribution in [0.4, 0.5) is 0 Å². The first kappa shape index (κ1) is 11.6. The van der Waals surface area contributed by atoms with Crippen LogP contribution in [0.15, 0.2) is 47.0 Å². The van der Waals surface area contributed by atoms with Crippen molar-refractivity contribution in [3.8, 4) is 0 Å². The van der Waals surface area contributed by atoms with Crippen molar-refractivity contribution in [2.45, 2.75) is 10.2 Å². The van der Waals surface area contributed by atoms with E-state index in [9.17, 15) is 4.79 Å². The van der Waals surface area contributed by atoms with Gasteiger partial charge in [-0.05, 0) is 23.9 Å². The molecule has 0 spiro atoms. The molecule has 3 aromatic rings. The monoisotopic (exact) mass is 273 g/mol. The number of aromatic carboxylic acids is 1.